The van der Waals surface area contributed by atoms with Crippen LogP contribution < -0.4 is 15.5 Å². The first-order valence-electron chi connectivity index (χ1n) is 8.90. The number of guanidine groups is 1. The van der Waals surface area contributed by atoms with Crippen molar-refractivity contribution in [2.75, 3.05) is 32.6 Å². The molecule has 0 saturated carbocycles. The number of rotatable bonds is 6. The fraction of sp³-hybridized carbons (Fsp3) is 0.300. The highest BCUT2D eigenvalue weighted by molar-refractivity contribution is 5.83. The van der Waals surface area contributed by atoms with Crippen molar-refractivity contribution >= 4 is 22.7 Å². The van der Waals surface area contributed by atoms with Crippen molar-refractivity contribution in [3.63, 3.8) is 0 Å². The van der Waals surface area contributed by atoms with Gasteiger partial charge in [0.2, 0.25) is 0 Å². The monoisotopic (exact) mass is 368 g/mol. The lowest BCUT2D eigenvalue weighted by atomic mass is 10.1. The highest BCUT2D eigenvalue weighted by atomic mass is 19.1. The van der Waals surface area contributed by atoms with E-state index in [1.54, 1.807) is 19.2 Å². The largest absolute Gasteiger partial charge is 0.363 e. The summed E-state index contributed by atoms with van der Waals surface area (Å²) in [5, 5.41) is 7.48. The molecule has 3 rings (SSSR count). The first kappa shape index (κ1) is 18.7. The number of fused-ring (bicyclic) bond motifs is 1. The summed E-state index contributed by atoms with van der Waals surface area (Å²) in [6, 6.07) is 10.7. The number of aliphatic imine (C=N–C) groups is 1. The minimum absolute atomic E-state index is 0.221. The predicted octanol–water partition coefficient (Wildman–Crippen LogP) is 2.68. The second kappa shape index (κ2) is 8.53. The van der Waals surface area contributed by atoms with Crippen molar-refractivity contribution in [3.8, 4) is 0 Å². The summed E-state index contributed by atoms with van der Waals surface area (Å²) >= 11 is 0. The van der Waals surface area contributed by atoms with Crippen molar-refractivity contribution < 1.29 is 4.39 Å². The quantitative estimate of drug-likeness (QED) is 0.462. The Morgan fingerprint density at radius 3 is 2.85 bits per heavy atom. The summed E-state index contributed by atoms with van der Waals surface area (Å²) in [5.74, 6) is 1.41. The molecule has 3 N–H and O–H groups in total. The van der Waals surface area contributed by atoms with Crippen LogP contribution in [0.15, 0.2) is 47.6 Å². The molecule has 0 aliphatic rings. The van der Waals surface area contributed by atoms with Gasteiger partial charge in [-0.25, -0.2) is 9.37 Å². The molecule has 0 saturated heterocycles. The van der Waals surface area contributed by atoms with Gasteiger partial charge in [-0.05, 0) is 42.3 Å². The fourth-order valence-electron chi connectivity index (χ4n) is 2.88. The van der Waals surface area contributed by atoms with Gasteiger partial charge in [-0.3, -0.25) is 4.99 Å². The van der Waals surface area contributed by atoms with Crippen LogP contribution >= 0.6 is 0 Å². The molecular weight excluding hydrogens is 343 g/mol. The second-order valence-electron chi connectivity index (χ2n) is 6.49. The number of anilines is 1. The highest BCUT2D eigenvalue weighted by Gasteiger charge is 2.06. The van der Waals surface area contributed by atoms with E-state index in [0.717, 1.165) is 34.4 Å². The van der Waals surface area contributed by atoms with Gasteiger partial charge in [-0.1, -0.05) is 6.07 Å². The van der Waals surface area contributed by atoms with Crippen molar-refractivity contribution in [1.82, 2.24) is 20.6 Å². The van der Waals surface area contributed by atoms with Crippen LogP contribution in [-0.2, 0) is 13.0 Å². The molecule has 27 heavy (non-hydrogen) atoms. The van der Waals surface area contributed by atoms with Crippen LogP contribution in [0.4, 0.5) is 10.2 Å². The minimum atomic E-state index is -0.221. The molecule has 0 spiro atoms. The maximum atomic E-state index is 13.5. The summed E-state index contributed by atoms with van der Waals surface area (Å²) in [6.45, 7) is 1.27. The predicted molar refractivity (Wildman–Crippen MR) is 109 cm³/mol. The summed E-state index contributed by atoms with van der Waals surface area (Å²) in [6.07, 6.45) is 2.69. The van der Waals surface area contributed by atoms with Gasteiger partial charge >= 0.3 is 0 Å². The zero-order valence-electron chi connectivity index (χ0n) is 15.9. The Kier molecular flexibility index (Phi) is 5.90. The van der Waals surface area contributed by atoms with Gasteiger partial charge in [-0.2, -0.15) is 0 Å². The Morgan fingerprint density at radius 1 is 1.22 bits per heavy atom. The molecular formula is C20H25FN6. The number of nitrogens with one attached hydrogen (secondary N) is 3. The van der Waals surface area contributed by atoms with Gasteiger partial charge < -0.3 is 20.5 Å². The molecule has 0 aliphatic heterocycles. The molecule has 142 valence electrons. The maximum Gasteiger partial charge on any atom is 0.191 e. The van der Waals surface area contributed by atoms with Gasteiger partial charge in [0, 0.05) is 44.8 Å². The van der Waals surface area contributed by atoms with Crippen LogP contribution in [0.2, 0.25) is 0 Å². The van der Waals surface area contributed by atoms with Crippen LogP contribution in [0, 0.1) is 5.82 Å². The number of nitrogens with zero attached hydrogens (tertiary/aromatic N) is 3. The van der Waals surface area contributed by atoms with E-state index in [4.69, 9.17) is 0 Å². The highest BCUT2D eigenvalue weighted by Crippen LogP contribution is 2.19. The van der Waals surface area contributed by atoms with Crippen molar-refractivity contribution in [3.05, 3.63) is 59.7 Å². The molecule has 0 atom stereocenters. The Balaban J connectivity index is 1.53. The Morgan fingerprint density at radius 2 is 2.07 bits per heavy atom. The smallest absolute Gasteiger partial charge is 0.191 e. The van der Waals surface area contributed by atoms with E-state index in [1.165, 1.54) is 6.07 Å². The lowest BCUT2D eigenvalue weighted by Gasteiger charge is -2.14. The number of aromatic amines is 1. The van der Waals surface area contributed by atoms with E-state index in [-0.39, 0.29) is 5.82 Å². The average Bonchev–Trinajstić information content (AvgIpc) is 3.06. The number of hydrogen-bond acceptors (Lipinski definition) is 3. The lowest BCUT2D eigenvalue weighted by molar-refractivity contribution is 0.629. The molecule has 0 amide bonds. The van der Waals surface area contributed by atoms with Crippen molar-refractivity contribution in [1.29, 1.82) is 0 Å². The first-order chi connectivity index (χ1) is 13.1. The third-order valence-corrected chi connectivity index (χ3v) is 4.33. The second-order valence-corrected chi connectivity index (χ2v) is 6.49. The molecule has 7 heteroatoms. The summed E-state index contributed by atoms with van der Waals surface area (Å²) in [7, 11) is 5.67. The maximum absolute atomic E-state index is 13.5. The molecule has 0 unspecified atom stereocenters. The van der Waals surface area contributed by atoms with Crippen molar-refractivity contribution in [2.24, 2.45) is 4.99 Å². The molecule has 0 fully saturated rings. The van der Waals surface area contributed by atoms with Crippen LogP contribution in [0.5, 0.6) is 0 Å². The zero-order chi connectivity index (χ0) is 19.2. The number of H-pyrrole nitrogens is 1. The zero-order valence-corrected chi connectivity index (χ0v) is 15.9. The standard InChI is InChI=1S/C20H25FN6/c1-22-20(25-13-16-5-4-6-19(26-16)27(2)3)23-10-9-14-12-24-18-8-7-15(21)11-17(14)18/h4-8,11-12,24H,9-10,13H2,1-3H3,(H2,22,23,25). The van der Waals surface area contributed by atoms with Crippen LogP contribution in [0.1, 0.15) is 11.3 Å². The molecule has 6 nitrogen and oxygen atoms in total. The Bertz CT molecular complexity index is 931. The van der Waals surface area contributed by atoms with Crippen molar-refractivity contribution in [2.45, 2.75) is 13.0 Å². The van der Waals surface area contributed by atoms with E-state index < -0.39 is 0 Å². The fourth-order valence-corrected chi connectivity index (χ4v) is 2.88. The molecule has 1 aromatic carbocycles. The van der Waals surface area contributed by atoms with Crippen LogP contribution in [0.25, 0.3) is 10.9 Å². The van der Waals surface area contributed by atoms with Crippen LogP contribution in [0.3, 0.4) is 0 Å². The SMILES string of the molecule is CN=C(NCCc1c[nH]c2ccc(F)cc12)NCc1cccc(N(C)C)n1. The van der Waals surface area contributed by atoms with Crippen LogP contribution in [-0.4, -0.2) is 43.6 Å². The van der Waals surface area contributed by atoms with Gasteiger partial charge in [0.15, 0.2) is 5.96 Å². The molecule has 0 bridgehead atoms. The van der Waals surface area contributed by atoms with E-state index in [2.05, 4.69) is 25.6 Å². The summed E-state index contributed by atoms with van der Waals surface area (Å²) in [4.78, 5) is 14.0. The first-order valence-corrected chi connectivity index (χ1v) is 8.90. The van der Waals surface area contributed by atoms with E-state index in [1.807, 2.05) is 43.4 Å². The third-order valence-electron chi connectivity index (χ3n) is 4.33. The van der Waals surface area contributed by atoms with E-state index in [0.29, 0.717) is 19.0 Å². The number of hydrogen-bond donors (Lipinski definition) is 3. The number of benzene rings is 1. The number of pyridine rings is 1. The average molecular weight is 368 g/mol. The molecule has 2 heterocycles. The number of aromatic nitrogens is 2. The Hall–Kier alpha value is -3.09. The van der Waals surface area contributed by atoms with E-state index >= 15 is 0 Å². The summed E-state index contributed by atoms with van der Waals surface area (Å²) < 4.78 is 13.5. The van der Waals surface area contributed by atoms with Gasteiger partial charge in [-0.15, -0.1) is 0 Å². The normalized spacial score (nSPS) is 11.6. The van der Waals surface area contributed by atoms with Gasteiger partial charge in [0.05, 0.1) is 12.2 Å². The number of halogens is 1. The lowest BCUT2D eigenvalue weighted by Crippen LogP contribution is -2.38. The summed E-state index contributed by atoms with van der Waals surface area (Å²) in [5.41, 5.74) is 2.96. The Labute approximate surface area is 158 Å². The van der Waals surface area contributed by atoms with Gasteiger partial charge in [0.25, 0.3) is 0 Å². The third kappa shape index (κ3) is 4.75. The van der Waals surface area contributed by atoms with E-state index in [9.17, 15) is 4.39 Å². The molecule has 0 aliphatic carbocycles. The molecule has 0 radical (unpaired) electrons. The molecule has 2 aromatic heterocycles. The van der Waals surface area contributed by atoms with Gasteiger partial charge in [0.1, 0.15) is 11.6 Å². The topological polar surface area (TPSA) is 68.3 Å². The minimum Gasteiger partial charge on any atom is -0.363 e. The molecule has 3 aromatic rings.